The van der Waals surface area contributed by atoms with Gasteiger partial charge in [0.05, 0.1) is 17.2 Å². The molecule has 0 spiro atoms. The zero-order chi connectivity index (χ0) is 30.8. The highest BCUT2D eigenvalue weighted by Gasteiger charge is 2.33. The summed E-state index contributed by atoms with van der Waals surface area (Å²) in [6.07, 6.45) is 5.64. The summed E-state index contributed by atoms with van der Waals surface area (Å²) < 4.78 is 34.5. The van der Waals surface area contributed by atoms with Crippen molar-refractivity contribution in [1.82, 2.24) is 10.2 Å². The molecule has 0 bridgehead atoms. The normalized spacial score (nSPS) is 14.5. The van der Waals surface area contributed by atoms with Crippen molar-refractivity contribution >= 4 is 39.1 Å². The number of rotatable bonds is 13. The molecular formula is C33H40ClN3O5S. The van der Waals surface area contributed by atoms with Crippen molar-refractivity contribution in [2.75, 3.05) is 24.0 Å². The molecule has 8 nitrogen and oxygen atoms in total. The molecule has 0 aromatic heterocycles. The summed E-state index contributed by atoms with van der Waals surface area (Å²) in [4.78, 5) is 29.0. The van der Waals surface area contributed by atoms with Crippen molar-refractivity contribution < 1.29 is 22.7 Å². The molecule has 0 heterocycles. The Kier molecular flexibility index (Phi) is 11.5. The Morgan fingerprint density at radius 3 is 2.23 bits per heavy atom. The topological polar surface area (TPSA) is 96.0 Å². The highest BCUT2D eigenvalue weighted by Crippen LogP contribution is 2.27. The standard InChI is InChI=1S/C33H40ClN3O5S/c1-3-42-30-18-16-29(17-19-30)37(43(40,41)31-20-14-27(34)15-21-31)24-32(38)36(23-22-26-10-6-4-7-11-26)25(2)33(39)35-28-12-8-5-9-13-28/h4,6-7,10-11,14-21,25,28H,3,5,8-9,12-13,22-24H2,1-2H3,(H,35,39)/t25-/m0/s1. The third kappa shape index (κ3) is 8.74. The van der Waals surface area contributed by atoms with E-state index >= 15 is 0 Å². The predicted octanol–water partition coefficient (Wildman–Crippen LogP) is 5.84. The monoisotopic (exact) mass is 625 g/mol. The number of carbonyl (C=O) groups excluding carboxylic acids is 2. The molecular weight excluding hydrogens is 586 g/mol. The van der Waals surface area contributed by atoms with Crippen molar-refractivity contribution in [2.24, 2.45) is 0 Å². The van der Waals surface area contributed by atoms with Crippen molar-refractivity contribution in [1.29, 1.82) is 0 Å². The summed E-state index contributed by atoms with van der Waals surface area (Å²) in [7, 11) is -4.17. The summed E-state index contributed by atoms with van der Waals surface area (Å²) in [5, 5.41) is 3.52. The second-order valence-electron chi connectivity index (χ2n) is 10.7. The molecule has 1 aliphatic rings. The van der Waals surface area contributed by atoms with Crippen LogP contribution in [0.3, 0.4) is 0 Å². The van der Waals surface area contributed by atoms with Crippen LogP contribution in [0, 0.1) is 0 Å². The molecule has 0 radical (unpaired) electrons. The SMILES string of the molecule is CCOc1ccc(N(CC(=O)N(CCc2ccccc2)[C@@H](C)C(=O)NC2CCCCC2)S(=O)(=O)c2ccc(Cl)cc2)cc1. The van der Waals surface area contributed by atoms with E-state index in [1.807, 2.05) is 37.3 Å². The molecule has 1 N–H and O–H groups in total. The second kappa shape index (κ2) is 15.3. The predicted molar refractivity (Wildman–Crippen MR) is 170 cm³/mol. The lowest BCUT2D eigenvalue weighted by molar-refractivity contribution is -0.139. The lowest BCUT2D eigenvalue weighted by Crippen LogP contribution is -2.53. The lowest BCUT2D eigenvalue weighted by Gasteiger charge is -2.33. The van der Waals surface area contributed by atoms with Gasteiger partial charge in [0.25, 0.3) is 10.0 Å². The molecule has 0 unspecified atom stereocenters. The fourth-order valence-corrected chi connectivity index (χ4v) is 6.82. The molecule has 4 rings (SSSR count). The smallest absolute Gasteiger partial charge is 0.264 e. The summed E-state index contributed by atoms with van der Waals surface area (Å²) in [6.45, 7) is 3.78. The van der Waals surface area contributed by atoms with Crippen LogP contribution in [0.1, 0.15) is 51.5 Å². The van der Waals surface area contributed by atoms with Gasteiger partial charge in [-0.2, -0.15) is 0 Å². The second-order valence-corrected chi connectivity index (χ2v) is 13.0. The van der Waals surface area contributed by atoms with Gasteiger partial charge in [-0.3, -0.25) is 13.9 Å². The molecule has 3 aromatic carbocycles. The molecule has 43 heavy (non-hydrogen) atoms. The number of hydrogen-bond donors (Lipinski definition) is 1. The number of anilines is 1. The first-order valence-electron chi connectivity index (χ1n) is 14.8. The minimum absolute atomic E-state index is 0.00231. The highest BCUT2D eigenvalue weighted by molar-refractivity contribution is 7.92. The number of ether oxygens (including phenoxy) is 1. The van der Waals surface area contributed by atoms with E-state index in [1.54, 1.807) is 31.2 Å². The van der Waals surface area contributed by atoms with Gasteiger partial charge < -0.3 is 15.0 Å². The molecule has 3 aromatic rings. The van der Waals surface area contributed by atoms with E-state index in [0.29, 0.717) is 29.5 Å². The van der Waals surface area contributed by atoms with Crippen LogP contribution >= 0.6 is 11.6 Å². The molecule has 10 heteroatoms. The van der Waals surface area contributed by atoms with Gasteiger partial charge in [-0.1, -0.05) is 61.2 Å². The van der Waals surface area contributed by atoms with E-state index < -0.39 is 28.5 Å². The average molecular weight is 626 g/mol. The van der Waals surface area contributed by atoms with Crippen LogP contribution in [0.5, 0.6) is 5.75 Å². The van der Waals surface area contributed by atoms with Gasteiger partial charge in [0.15, 0.2) is 0 Å². The summed E-state index contributed by atoms with van der Waals surface area (Å²) in [5.74, 6) is -0.131. The van der Waals surface area contributed by atoms with Gasteiger partial charge in [0.2, 0.25) is 11.8 Å². The number of nitrogens with zero attached hydrogens (tertiary/aromatic N) is 2. The first-order valence-corrected chi connectivity index (χ1v) is 16.7. The van der Waals surface area contributed by atoms with Crippen molar-refractivity contribution in [3.05, 3.63) is 89.4 Å². The molecule has 2 amide bonds. The quantitative estimate of drug-likeness (QED) is 0.257. The van der Waals surface area contributed by atoms with Gasteiger partial charge in [0.1, 0.15) is 18.3 Å². The Labute approximate surface area is 260 Å². The van der Waals surface area contributed by atoms with Crippen molar-refractivity contribution in [3.63, 3.8) is 0 Å². The molecule has 1 aliphatic carbocycles. The van der Waals surface area contributed by atoms with Gasteiger partial charge in [0, 0.05) is 17.6 Å². The molecule has 230 valence electrons. The minimum atomic E-state index is -4.17. The van der Waals surface area contributed by atoms with E-state index in [0.717, 1.165) is 42.0 Å². The van der Waals surface area contributed by atoms with Crippen LogP contribution in [-0.2, 0) is 26.0 Å². The number of nitrogens with one attached hydrogen (secondary N) is 1. The maximum atomic E-state index is 14.1. The maximum Gasteiger partial charge on any atom is 0.264 e. The molecule has 0 aliphatic heterocycles. The van der Waals surface area contributed by atoms with Gasteiger partial charge >= 0.3 is 0 Å². The highest BCUT2D eigenvalue weighted by atomic mass is 35.5. The fraction of sp³-hybridized carbons (Fsp3) is 0.394. The van der Waals surface area contributed by atoms with E-state index in [1.165, 1.54) is 29.2 Å². The number of carbonyl (C=O) groups is 2. The van der Waals surface area contributed by atoms with Crippen LogP contribution in [-0.4, -0.2) is 56.9 Å². The Morgan fingerprint density at radius 2 is 1.60 bits per heavy atom. The van der Waals surface area contributed by atoms with Crippen LogP contribution in [0.15, 0.2) is 83.8 Å². The Morgan fingerprint density at radius 1 is 0.953 bits per heavy atom. The van der Waals surface area contributed by atoms with Crippen molar-refractivity contribution in [3.8, 4) is 5.75 Å². The zero-order valence-electron chi connectivity index (χ0n) is 24.7. The van der Waals surface area contributed by atoms with Crippen LogP contribution in [0.25, 0.3) is 0 Å². The third-order valence-corrected chi connectivity index (χ3v) is 9.76. The number of sulfonamides is 1. The summed E-state index contributed by atoms with van der Waals surface area (Å²) >= 11 is 6.03. The number of benzene rings is 3. The minimum Gasteiger partial charge on any atom is -0.494 e. The van der Waals surface area contributed by atoms with Gasteiger partial charge in [-0.25, -0.2) is 8.42 Å². The first kappa shape index (κ1) is 32.4. The Bertz CT molecular complexity index is 1440. The average Bonchev–Trinajstić information content (AvgIpc) is 3.01. The van der Waals surface area contributed by atoms with Crippen LogP contribution < -0.4 is 14.4 Å². The van der Waals surface area contributed by atoms with Crippen LogP contribution in [0.4, 0.5) is 5.69 Å². The van der Waals surface area contributed by atoms with E-state index in [-0.39, 0.29) is 23.4 Å². The molecule has 1 fully saturated rings. The van der Waals surface area contributed by atoms with Gasteiger partial charge in [-0.05, 0) is 87.2 Å². The Hall–Kier alpha value is -3.56. The zero-order valence-corrected chi connectivity index (χ0v) is 26.3. The van der Waals surface area contributed by atoms with Gasteiger partial charge in [-0.15, -0.1) is 0 Å². The lowest BCUT2D eigenvalue weighted by atomic mass is 9.95. The Balaban J connectivity index is 1.64. The largest absolute Gasteiger partial charge is 0.494 e. The van der Waals surface area contributed by atoms with E-state index in [2.05, 4.69) is 5.32 Å². The number of amides is 2. The fourth-order valence-electron chi connectivity index (χ4n) is 5.28. The van der Waals surface area contributed by atoms with E-state index in [4.69, 9.17) is 16.3 Å². The third-order valence-electron chi connectivity index (χ3n) is 7.72. The number of halogens is 1. The molecule has 1 saturated carbocycles. The molecule has 1 atom stereocenters. The maximum absolute atomic E-state index is 14.1. The summed E-state index contributed by atoms with van der Waals surface area (Å²) in [6, 6.07) is 21.4. The van der Waals surface area contributed by atoms with Crippen molar-refractivity contribution in [2.45, 2.75) is 69.4 Å². The molecule has 0 saturated heterocycles. The number of hydrogen-bond acceptors (Lipinski definition) is 5. The van der Waals surface area contributed by atoms with Crippen LogP contribution in [0.2, 0.25) is 5.02 Å². The first-order chi connectivity index (χ1) is 20.7. The van der Waals surface area contributed by atoms with E-state index in [9.17, 15) is 18.0 Å². The summed E-state index contributed by atoms with van der Waals surface area (Å²) in [5.41, 5.74) is 1.31.